The first-order chi connectivity index (χ1) is 5.83. The average Bonchev–Trinajstić information content (AvgIpc) is 2.27. The molecule has 1 saturated heterocycles. The second-order valence-corrected chi connectivity index (χ2v) is 3.98. The highest BCUT2D eigenvalue weighted by atomic mass is 15.1. The van der Waals surface area contributed by atoms with Crippen molar-refractivity contribution in [3.05, 3.63) is 0 Å². The average molecular weight is 170 g/mol. The lowest BCUT2D eigenvalue weighted by atomic mass is 10.0. The third-order valence-electron chi connectivity index (χ3n) is 2.79. The topological polar surface area (TPSA) is 15.3 Å². The first-order valence-corrected chi connectivity index (χ1v) is 5.20. The van der Waals surface area contributed by atoms with Gasteiger partial charge in [-0.1, -0.05) is 6.92 Å². The maximum absolute atomic E-state index is 3.20. The Balaban J connectivity index is 2.17. The molecule has 1 atom stereocenters. The first kappa shape index (κ1) is 10.0. The molecule has 1 aliphatic heterocycles. The molecular formula is C10H22N2. The van der Waals surface area contributed by atoms with Crippen LogP contribution in [0.2, 0.25) is 0 Å². The highest BCUT2D eigenvalue weighted by molar-refractivity contribution is 4.67. The van der Waals surface area contributed by atoms with Gasteiger partial charge in [0.25, 0.3) is 0 Å². The van der Waals surface area contributed by atoms with Crippen LogP contribution in [0.3, 0.4) is 0 Å². The molecule has 0 aromatic heterocycles. The molecule has 0 unspecified atom stereocenters. The summed E-state index contributed by atoms with van der Waals surface area (Å²) in [5.41, 5.74) is 0. The van der Waals surface area contributed by atoms with Gasteiger partial charge in [0.05, 0.1) is 0 Å². The van der Waals surface area contributed by atoms with Crippen molar-refractivity contribution < 1.29 is 0 Å². The molecule has 0 bridgehead atoms. The van der Waals surface area contributed by atoms with Gasteiger partial charge in [-0.2, -0.15) is 0 Å². The van der Waals surface area contributed by atoms with Crippen molar-refractivity contribution in [3.8, 4) is 0 Å². The molecule has 1 N–H and O–H groups in total. The smallest absolute Gasteiger partial charge is 0.0107 e. The normalized spacial score (nSPS) is 27.0. The number of nitrogens with zero attached hydrogens (tertiary/aromatic N) is 1. The van der Waals surface area contributed by atoms with Crippen LogP contribution in [0.4, 0.5) is 0 Å². The second-order valence-electron chi connectivity index (χ2n) is 3.98. The second kappa shape index (κ2) is 5.55. The summed E-state index contributed by atoms with van der Waals surface area (Å²) in [6.45, 7) is 7.36. The quantitative estimate of drug-likeness (QED) is 0.687. The van der Waals surface area contributed by atoms with Crippen LogP contribution in [-0.2, 0) is 0 Å². The van der Waals surface area contributed by atoms with E-state index in [1.54, 1.807) is 0 Å². The summed E-state index contributed by atoms with van der Waals surface area (Å²) in [7, 11) is 2.03. The Bertz CT molecular complexity index is 112. The van der Waals surface area contributed by atoms with Crippen molar-refractivity contribution in [2.45, 2.75) is 26.2 Å². The van der Waals surface area contributed by atoms with Gasteiger partial charge in [0, 0.05) is 13.1 Å². The molecule has 1 rings (SSSR count). The van der Waals surface area contributed by atoms with Crippen LogP contribution < -0.4 is 5.32 Å². The van der Waals surface area contributed by atoms with E-state index < -0.39 is 0 Å². The van der Waals surface area contributed by atoms with Gasteiger partial charge in [-0.25, -0.2) is 0 Å². The Morgan fingerprint density at radius 3 is 2.92 bits per heavy atom. The summed E-state index contributed by atoms with van der Waals surface area (Å²) in [5.74, 6) is 0.949. The minimum atomic E-state index is 0.949. The van der Waals surface area contributed by atoms with Crippen molar-refractivity contribution in [2.24, 2.45) is 5.92 Å². The maximum Gasteiger partial charge on any atom is 0.0107 e. The van der Waals surface area contributed by atoms with Gasteiger partial charge in [0.1, 0.15) is 0 Å². The van der Waals surface area contributed by atoms with E-state index in [4.69, 9.17) is 0 Å². The van der Waals surface area contributed by atoms with Crippen LogP contribution in [0.25, 0.3) is 0 Å². The van der Waals surface area contributed by atoms with Crippen molar-refractivity contribution >= 4 is 0 Å². The zero-order valence-corrected chi connectivity index (χ0v) is 8.47. The third kappa shape index (κ3) is 3.55. The lowest BCUT2D eigenvalue weighted by Crippen LogP contribution is -2.31. The molecule has 0 aliphatic carbocycles. The lowest BCUT2D eigenvalue weighted by Gasteiger charge is -2.19. The minimum absolute atomic E-state index is 0.949. The molecule has 0 amide bonds. The molecule has 0 spiro atoms. The highest BCUT2D eigenvalue weighted by Crippen LogP contribution is 2.15. The Hall–Kier alpha value is -0.0800. The molecule has 0 aromatic rings. The molecule has 2 heteroatoms. The number of hydrogen-bond acceptors (Lipinski definition) is 2. The molecule has 1 aliphatic rings. The van der Waals surface area contributed by atoms with E-state index in [1.807, 2.05) is 7.05 Å². The maximum atomic E-state index is 3.20. The Morgan fingerprint density at radius 2 is 2.17 bits per heavy atom. The molecular weight excluding hydrogens is 148 g/mol. The van der Waals surface area contributed by atoms with E-state index in [2.05, 4.69) is 17.1 Å². The van der Waals surface area contributed by atoms with Gasteiger partial charge in [-0.3, -0.25) is 0 Å². The van der Waals surface area contributed by atoms with Crippen molar-refractivity contribution in [1.82, 2.24) is 10.2 Å². The third-order valence-corrected chi connectivity index (χ3v) is 2.79. The molecule has 0 aromatic carbocycles. The molecule has 12 heavy (non-hydrogen) atoms. The zero-order chi connectivity index (χ0) is 8.81. The summed E-state index contributed by atoms with van der Waals surface area (Å²) in [4.78, 5) is 2.58. The van der Waals surface area contributed by atoms with Crippen LogP contribution >= 0.6 is 0 Å². The summed E-state index contributed by atoms with van der Waals surface area (Å²) >= 11 is 0. The van der Waals surface area contributed by atoms with Crippen LogP contribution in [0, 0.1) is 5.92 Å². The van der Waals surface area contributed by atoms with Crippen LogP contribution in [0.1, 0.15) is 26.2 Å². The largest absolute Gasteiger partial charge is 0.318 e. The molecule has 1 fully saturated rings. The fourth-order valence-corrected chi connectivity index (χ4v) is 1.82. The van der Waals surface area contributed by atoms with Gasteiger partial charge < -0.3 is 10.2 Å². The van der Waals surface area contributed by atoms with Crippen molar-refractivity contribution in [2.75, 3.05) is 33.2 Å². The molecule has 1 heterocycles. The van der Waals surface area contributed by atoms with E-state index in [1.165, 1.54) is 38.9 Å². The number of hydrogen-bond donors (Lipinski definition) is 1. The van der Waals surface area contributed by atoms with E-state index in [-0.39, 0.29) is 0 Å². The molecule has 2 nitrogen and oxygen atoms in total. The molecule has 72 valence electrons. The number of rotatable bonds is 3. The standard InChI is InChI=1S/C10H22N2/c1-10-4-3-7-12(8-5-10)9-6-11-2/h10-11H,3-9H2,1-2H3/t10-/m1/s1. The first-order valence-electron chi connectivity index (χ1n) is 5.20. The van der Waals surface area contributed by atoms with Crippen LogP contribution in [0.15, 0.2) is 0 Å². The van der Waals surface area contributed by atoms with E-state index in [0.29, 0.717) is 0 Å². The summed E-state index contributed by atoms with van der Waals surface area (Å²) in [5, 5.41) is 3.20. The molecule has 0 radical (unpaired) electrons. The summed E-state index contributed by atoms with van der Waals surface area (Å²) in [6, 6.07) is 0. The minimum Gasteiger partial charge on any atom is -0.318 e. The van der Waals surface area contributed by atoms with Gasteiger partial charge in [-0.05, 0) is 45.3 Å². The van der Waals surface area contributed by atoms with E-state index >= 15 is 0 Å². The summed E-state index contributed by atoms with van der Waals surface area (Å²) in [6.07, 6.45) is 4.21. The number of nitrogens with one attached hydrogen (secondary N) is 1. The van der Waals surface area contributed by atoms with Crippen LogP contribution in [0.5, 0.6) is 0 Å². The number of likely N-dealkylation sites (N-methyl/N-ethyl adjacent to an activating group) is 1. The van der Waals surface area contributed by atoms with Gasteiger partial charge >= 0.3 is 0 Å². The fraction of sp³-hybridized carbons (Fsp3) is 1.00. The summed E-state index contributed by atoms with van der Waals surface area (Å²) < 4.78 is 0. The van der Waals surface area contributed by atoms with E-state index in [0.717, 1.165) is 12.5 Å². The fourth-order valence-electron chi connectivity index (χ4n) is 1.82. The Morgan fingerprint density at radius 1 is 1.33 bits per heavy atom. The predicted octanol–water partition coefficient (Wildman–Crippen LogP) is 1.33. The highest BCUT2D eigenvalue weighted by Gasteiger charge is 2.12. The van der Waals surface area contributed by atoms with Crippen molar-refractivity contribution in [1.29, 1.82) is 0 Å². The van der Waals surface area contributed by atoms with Gasteiger partial charge in [-0.15, -0.1) is 0 Å². The van der Waals surface area contributed by atoms with Crippen molar-refractivity contribution in [3.63, 3.8) is 0 Å². The number of likely N-dealkylation sites (tertiary alicyclic amines) is 1. The molecule has 0 saturated carbocycles. The Labute approximate surface area is 76.3 Å². The lowest BCUT2D eigenvalue weighted by molar-refractivity contribution is 0.283. The monoisotopic (exact) mass is 170 g/mol. The van der Waals surface area contributed by atoms with E-state index in [9.17, 15) is 0 Å². The van der Waals surface area contributed by atoms with Crippen LogP contribution in [-0.4, -0.2) is 38.1 Å². The van der Waals surface area contributed by atoms with Gasteiger partial charge in [0.15, 0.2) is 0 Å². The predicted molar refractivity (Wildman–Crippen MR) is 53.4 cm³/mol. The zero-order valence-electron chi connectivity index (χ0n) is 8.47. The SMILES string of the molecule is CNCCN1CCC[C@@H](C)CC1. The van der Waals surface area contributed by atoms with Gasteiger partial charge in [0.2, 0.25) is 0 Å². The Kier molecular flexibility index (Phi) is 4.62.